The van der Waals surface area contributed by atoms with Crippen molar-refractivity contribution < 1.29 is 22.4 Å². The lowest BCUT2D eigenvalue weighted by Crippen LogP contribution is -2.12. The minimum atomic E-state index is -3.69. The molecule has 4 rings (SSSR count). The van der Waals surface area contributed by atoms with Crippen LogP contribution in [0.5, 0.6) is 5.75 Å². The normalized spacial score (nSPS) is 11.2. The lowest BCUT2D eigenvalue weighted by atomic mass is 10.1. The number of anilines is 1. The fraction of sp³-hybridized carbons (Fsp3) is 0.125. The van der Waals surface area contributed by atoms with Gasteiger partial charge in [0.15, 0.2) is 5.78 Å². The Kier molecular flexibility index (Phi) is 6.99. The molecule has 0 aliphatic carbocycles. The zero-order chi connectivity index (χ0) is 24.1. The van der Waals surface area contributed by atoms with Gasteiger partial charge in [0, 0.05) is 16.8 Å². The predicted octanol–water partition coefficient (Wildman–Crippen LogP) is 4.83. The second kappa shape index (κ2) is 10.1. The summed E-state index contributed by atoms with van der Waals surface area (Å²) in [6.45, 7) is 1.89. The van der Waals surface area contributed by atoms with E-state index in [-0.39, 0.29) is 27.5 Å². The first-order valence-corrected chi connectivity index (χ1v) is 12.6. The van der Waals surface area contributed by atoms with Gasteiger partial charge in [-0.15, -0.1) is 10.2 Å². The standard InChI is InChI=1S/C24H21N3O5S2/c1-16-3-13-21(14-4-16)34(29,30)27-19-9-5-18(6-10-19)23-25-26-24(32-23)33-15-22(28)17-7-11-20(31-2)12-8-17/h3-14,27H,15H2,1-2H3. The maximum absolute atomic E-state index is 12.5. The van der Waals surface area contributed by atoms with Crippen molar-refractivity contribution in [2.45, 2.75) is 17.0 Å². The number of hydrogen-bond donors (Lipinski definition) is 1. The second-order valence-electron chi connectivity index (χ2n) is 7.31. The van der Waals surface area contributed by atoms with Crippen LogP contribution in [-0.2, 0) is 10.0 Å². The van der Waals surface area contributed by atoms with Crippen LogP contribution in [0.4, 0.5) is 5.69 Å². The molecule has 0 fully saturated rings. The molecule has 0 radical (unpaired) electrons. The highest BCUT2D eigenvalue weighted by molar-refractivity contribution is 7.99. The van der Waals surface area contributed by atoms with Gasteiger partial charge in [-0.25, -0.2) is 8.42 Å². The van der Waals surface area contributed by atoms with Crippen LogP contribution < -0.4 is 9.46 Å². The van der Waals surface area contributed by atoms with Gasteiger partial charge >= 0.3 is 0 Å². The summed E-state index contributed by atoms with van der Waals surface area (Å²) in [7, 11) is -2.12. The van der Waals surface area contributed by atoms with Crippen molar-refractivity contribution in [3.05, 3.63) is 83.9 Å². The van der Waals surface area contributed by atoms with Gasteiger partial charge in [0.05, 0.1) is 17.8 Å². The van der Waals surface area contributed by atoms with Crippen molar-refractivity contribution in [2.75, 3.05) is 17.6 Å². The van der Waals surface area contributed by atoms with E-state index in [2.05, 4.69) is 14.9 Å². The van der Waals surface area contributed by atoms with E-state index >= 15 is 0 Å². The highest BCUT2D eigenvalue weighted by atomic mass is 32.2. The van der Waals surface area contributed by atoms with Crippen LogP contribution in [0.3, 0.4) is 0 Å². The molecule has 1 heterocycles. The summed E-state index contributed by atoms with van der Waals surface area (Å²) in [5.41, 5.74) is 2.57. The largest absolute Gasteiger partial charge is 0.497 e. The number of carbonyl (C=O) groups is 1. The molecular formula is C24H21N3O5S2. The SMILES string of the molecule is COc1ccc(C(=O)CSc2nnc(-c3ccc(NS(=O)(=O)c4ccc(C)cc4)cc3)o2)cc1. The Morgan fingerprint density at radius 3 is 2.29 bits per heavy atom. The van der Waals surface area contributed by atoms with Gasteiger partial charge in [0.2, 0.25) is 5.89 Å². The number of rotatable bonds is 9. The molecular weight excluding hydrogens is 474 g/mol. The summed E-state index contributed by atoms with van der Waals surface area (Å²) in [6, 6.07) is 20.1. The van der Waals surface area contributed by atoms with E-state index in [4.69, 9.17) is 9.15 Å². The first-order chi connectivity index (χ1) is 16.3. The fourth-order valence-corrected chi connectivity index (χ4v) is 4.70. The van der Waals surface area contributed by atoms with Gasteiger partial charge in [-0.2, -0.15) is 0 Å². The maximum atomic E-state index is 12.5. The Labute approximate surface area is 201 Å². The Morgan fingerprint density at radius 1 is 0.971 bits per heavy atom. The number of ether oxygens (including phenoxy) is 1. The molecule has 0 aliphatic rings. The molecule has 10 heteroatoms. The number of sulfonamides is 1. The molecule has 3 aromatic carbocycles. The van der Waals surface area contributed by atoms with Crippen molar-refractivity contribution in [2.24, 2.45) is 0 Å². The highest BCUT2D eigenvalue weighted by Gasteiger charge is 2.15. The van der Waals surface area contributed by atoms with E-state index in [1.54, 1.807) is 79.9 Å². The number of carbonyl (C=O) groups excluding carboxylic acids is 1. The number of nitrogens with one attached hydrogen (secondary N) is 1. The zero-order valence-electron chi connectivity index (χ0n) is 18.4. The molecule has 0 atom stereocenters. The number of aromatic nitrogens is 2. The average molecular weight is 496 g/mol. The summed E-state index contributed by atoms with van der Waals surface area (Å²) in [6.07, 6.45) is 0. The number of benzene rings is 3. The van der Waals surface area contributed by atoms with Crippen LogP contribution in [0.25, 0.3) is 11.5 Å². The third kappa shape index (κ3) is 5.64. The number of Topliss-reactive ketones (excluding diaryl/α,β-unsaturated/α-hetero) is 1. The Bertz CT molecular complexity index is 1380. The summed E-state index contributed by atoms with van der Waals surface area (Å²) in [4.78, 5) is 12.5. The summed E-state index contributed by atoms with van der Waals surface area (Å²) in [5, 5.41) is 8.26. The lowest BCUT2D eigenvalue weighted by molar-refractivity contribution is 0.102. The topological polar surface area (TPSA) is 111 Å². The smallest absolute Gasteiger partial charge is 0.277 e. The molecule has 4 aromatic rings. The molecule has 0 unspecified atom stereocenters. The first-order valence-electron chi connectivity index (χ1n) is 10.2. The number of nitrogens with zero attached hydrogens (tertiary/aromatic N) is 2. The Morgan fingerprint density at radius 2 is 1.65 bits per heavy atom. The van der Waals surface area contributed by atoms with E-state index in [1.165, 1.54) is 0 Å². The van der Waals surface area contributed by atoms with E-state index in [0.29, 0.717) is 22.6 Å². The molecule has 0 aliphatic heterocycles. The molecule has 1 aromatic heterocycles. The molecule has 0 amide bonds. The fourth-order valence-electron chi connectivity index (χ4n) is 2.98. The molecule has 1 N–H and O–H groups in total. The van der Waals surface area contributed by atoms with Crippen molar-refractivity contribution in [1.82, 2.24) is 10.2 Å². The molecule has 0 saturated carbocycles. The highest BCUT2D eigenvalue weighted by Crippen LogP contribution is 2.26. The number of methoxy groups -OCH3 is 1. The zero-order valence-corrected chi connectivity index (χ0v) is 20.0. The minimum Gasteiger partial charge on any atom is -0.497 e. The number of aryl methyl sites for hydroxylation is 1. The van der Waals surface area contributed by atoms with Gasteiger partial charge in [-0.05, 0) is 67.6 Å². The quantitative estimate of drug-likeness (QED) is 0.260. The van der Waals surface area contributed by atoms with Gasteiger partial charge in [-0.1, -0.05) is 29.5 Å². The summed E-state index contributed by atoms with van der Waals surface area (Å²) < 4.78 is 38.4. The Balaban J connectivity index is 1.37. The number of thioether (sulfide) groups is 1. The molecule has 174 valence electrons. The van der Waals surface area contributed by atoms with Crippen molar-refractivity contribution in [3.8, 4) is 17.2 Å². The monoisotopic (exact) mass is 495 g/mol. The lowest BCUT2D eigenvalue weighted by Gasteiger charge is -2.08. The van der Waals surface area contributed by atoms with E-state index in [1.807, 2.05) is 6.92 Å². The average Bonchev–Trinajstić information content (AvgIpc) is 3.32. The molecule has 8 nitrogen and oxygen atoms in total. The van der Waals surface area contributed by atoms with Gasteiger partial charge in [0.1, 0.15) is 5.75 Å². The van der Waals surface area contributed by atoms with Crippen molar-refractivity contribution >= 4 is 33.3 Å². The molecule has 0 spiro atoms. The minimum absolute atomic E-state index is 0.0717. The van der Waals surface area contributed by atoms with E-state index in [9.17, 15) is 13.2 Å². The van der Waals surface area contributed by atoms with Gasteiger partial charge in [0.25, 0.3) is 15.2 Å². The number of ketones is 1. The second-order valence-corrected chi connectivity index (χ2v) is 9.92. The van der Waals surface area contributed by atoms with Crippen molar-refractivity contribution in [3.63, 3.8) is 0 Å². The molecule has 0 saturated heterocycles. The van der Waals surface area contributed by atoms with Crippen LogP contribution in [0, 0.1) is 6.92 Å². The van der Waals surface area contributed by atoms with Crippen molar-refractivity contribution in [1.29, 1.82) is 0 Å². The summed E-state index contributed by atoms with van der Waals surface area (Å²) >= 11 is 1.15. The number of hydrogen-bond acceptors (Lipinski definition) is 8. The van der Waals surface area contributed by atoms with Crippen LogP contribution in [0.1, 0.15) is 15.9 Å². The molecule has 34 heavy (non-hydrogen) atoms. The maximum Gasteiger partial charge on any atom is 0.277 e. The predicted molar refractivity (Wildman–Crippen MR) is 130 cm³/mol. The first kappa shape index (κ1) is 23.5. The third-order valence-electron chi connectivity index (χ3n) is 4.86. The Hall–Kier alpha value is -3.63. The molecule has 0 bridgehead atoms. The van der Waals surface area contributed by atoms with Gasteiger partial charge < -0.3 is 9.15 Å². The van der Waals surface area contributed by atoms with Crippen LogP contribution in [0.15, 0.2) is 87.3 Å². The van der Waals surface area contributed by atoms with Crippen LogP contribution in [0.2, 0.25) is 0 Å². The summed E-state index contributed by atoms with van der Waals surface area (Å²) in [5.74, 6) is 1.03. The third-order valence-corrected chi connectivity index (χ3v) is 7.08. The van der Waals surface area contributed by atoms with Crippen LogP contribution >= 0.6 is 11.8 Å². The van der Waals surface area contributed by atoms with Crippen LogP contribution in [-0.4, -0.2) is 37.3 Å². The van der Waals surface area contributed by atoms with E-state index in [0.717, 1.165) is 17.3 Å². The van der Waals surface area contributed by atoms with E-state index < -0.39 is 10.0 Å². The van der Waals surface area contributed by atoms with Gasteiger partial charge in [-0.3, -0.25) is 9.52 Å².